The molecule has 1 aromatic heterocycles. The van der Waals surface area contributed by atoms with Gasteiger partial charge in [0.2, 0.25) is 5.95 Å². The number of benzene rings is 2. The van der Waals surface area contributed by atoms with Gasteiger partial charge in [-0.1, -0.05) is 50.2 Å². The number of hydrogen-bond donors (Lipinski definition) is 2. The van der Waals surface area contributed by atoms with Crippen molar-refractivity contribution in [3.8, 4) is 11.3 Å². The summed E-state index contributed by atoms with van der Waals surface area (Å²) in [7, 11) is 0. The van der Waals surface area contributed by atoms with Gasteiger partial charge in [-0.05, 0) is 30.7 Å². The Balaban J connectivity index is 0.000000924. The summed E-state index contributed by atoms with van der Waals surface area (Å²) in [6.45, 7) is 6.02. The Morgan fingerprint density at radius 1 is 0.957 bits per heavy atom. The summed E-state index contributed by atoms with van der Waals surface area (Å²) < 4.78 is 0. The van der Waals surface area contributed by atoms with Crippen LogP contribution in [0, 0.1) is 6.92 Å². The topological polar surface area (TPSA) is 63.8 Å². The molecular weight excluding hydrogens is 284 g/mol. The highest BCUT2D eigenvalue weighted by atomic mass is 15.1. The van der Waals surface area contributed by atoms with E-state index in [0.717, 1.165) is 22.5 Å². The van der Waals surface area contributed by atoms with Crippen LogP contribution in [0.2, 0.25) is 0 Å². The molecule has 0 aliphatic carbocycles. The van der Waals surface area contributed by atoms with E-state index in [9.17, 15) is 0 Å². The maximum absolute atomic E-state index is 5.82. The maximum Gasteiger partial charge on any atom is 0.227 e. The average molecular weight is 306 g/mol. The highest BCUT2D eigenvalue weighted by Crippen LogP contribution is 2.22. The molecule has 3 aromatic rings. The van der Waals surface area contributed by atoms with Gasteiger partial charge in [-0.15, -0.1) is 0 Å². The normalized spacial score (nSPS) is 9.70. The first-order valence-electron chi connectivity index (χ1n) is 7.74. The van der Waals surface area contributed by atoms with Crippen molar-refractivity contribution in [2.24, 2.45) is 0 Å². The van der Waals surface area contributed by atoms with Gasteiger partial charge in [-0.25, -0.2) is 9.97 Å². The van der Waals surface area contributed by atoms with Crippen molar-refractivity contribution in [2.45, 2.75) is 20.8 Å². The number of aromatic nitrogens is 2. The molecule has 0 saturated heterocycles. The molecule has 0 aliphatic heterocycles. The van der Waals surface area contributed by atoms with Crippen molar-refractivity contribution >= 4 is 17.3 Å². The van der Waals surface area contributed by atoms with Gasteiger partial charge >= 0.3 is 0 Å². The zero-order chi connectivity index (χ0) is 16.7. The van der Waals surface area contributed by atoms with Gasteiger partial charge in [0.15, 0.2) is 0 Å². The lowest BCUT2D eigenvalue weighted by Crippen LogP contribution is -2.00. The van der Waals surface area contributed by atoms with Gasteiger partial charge in [-0.2, -0.15) is 0 Å². The van der Waals surface area contributed by atoms with Crippen LogP contribution >= 0.6 is 0 Å². The van der Waals surface area contributed by atoms with Crippen LogP contribution < -0.4 is 11.1 Å². The molecule has 118 valence electrons. The fourth-order valence-electron chi connectivity index (χ4n) is 2.08. The van der Waals surface area contributed by atoms with E-state index >= 15 is 0 Å². The van der Waals surface area contributed by atoms with E-state index < -0.39 is 0 Å². The summed E-state index contributed by atoms with van der Waals surface area (Å²) in [4.78, 5) is 8.81. The predicted octanol–water partition coefficient (Wildman–Crippen LogP) is 4.80. The van der Waals surface area contributed by atoms with Crippen LogP contribution in [0.3, 0.4) is 0 Å². The minimum absolute atomic E-state index is 0.560. The number of nitrogens with one attached hydrogen (secondary N) is 1. The van der Waals surface area contributed by atoms with E-state index in [1.807, 2.05) is 75.4 Å². The summed E-state index contributed by atoms with van der Waals surface area (Å²) in [5.74, 6) is 0.560. The third-order valence-electron chi connectivity index (χ3n) is 3.23. The lowest BCUT2D eigenvalue weighted by Gasteiger charge is -2.10. The molecule has 0 saturated carbocycles. The molecule has 0 unspecified atom stereocenters. The summed E-state index contributed by atoms with van der Waals surface area (Å²) in [5.41, 5.74) is 10.5. The SMILES string of the molecule is CC.Cc1ccc(N)cc1Nc1nccc(-c2ccccc2)n1. The van der Waals surface area contributed by atoms with Crippen molar-refractivity contribution in [3.05, 3.63) is 66.4 Å². The smallest absolute Gasteiger partial charge is 0.227 e. The quantitative estimate of drug-likeness (QED) is 0.682. The number of aryl methyl sites for hydroxylation is 1. The highest BCUT2D eigenvalue weighted by molar-refractivity contribution is 5.66. The van der Waals surface area contributed by atoms with Gasteiger partial charge in [0.25, 0.3) is 0 Å². The maximum atomic E-state index is 5.82. The second kappa shape index (κ2) is 7.94. The van der Waals surface area contributed by atoms with Crippen molar-refractivity contribution in [3.63, 3.8) is 0 Å². The molecule has 23 heavy (non-hydrogen) atoms. The number of nitrogen functional groups attached to an aromatic ring is 1. The Morgan fingerprint density at radius 2 is 1.70 bits per heavy atom. The monoisotopic (exact) mass is 306 g/mol. The molecule has 2 aromatic carbocycles. The van der Waals surface area contributed by atoms with Crippen LogP contribution in [0.25, 0.3) is 11.3 Å². The Kier molecular flexibility index (Phi) is 5.69. The van der Waals surface area contributed by atoms with Gasteiger partial charge in [0.1, 0.15) is 0 Å². The van der Waals surface area contributed by atoms with Crippen molar-refractivity contribution in [1.82, 2.24) is 9.97 Å². The van der Waals surface area contributed by atoms with E-state index in [2.05, 4.69) is 15.3 Å². The fraction of sp³-hybridized carbons (Fsp3) is 0.158. The number of anilines is 3. The first-order valence-corrected chi connectivity index (χ1v) is 7.74. The molecule has 0 fully saturated rings. The number of nitrogens with two attached hydrogens (primary N) is 1. The number of rotatable bonds is 3. The second-order valence-corrected chi connectivity index (χ2v) is 4.83. The molecule has 3 rings (SSSR count). The number of hydrogen-bond acceptors (Lipinski definition) is 4. The molecule has 0 aliphatic rings. The van der Waals surface area contributed by atoms with Gasteiger partial charge < -0.3 is 11.1 Å². The second-order valence-electron chi connectivity index (χ2n) is 4.83. The van der Waals surface area contributed by atoms with Crippen LogP contribution in [-0.2, 0) is 0 Å². The lowest BCUT2D eigenvalue weighted by molar-refractivity contribution is 1.17. The Labute approximate surface area is 137 Å². The Morgan fingerprint density at radius 3 is 2.43 bits per heavy atom. The summed E-state index contributed by atoms with van der Waals surface area (Å²) in [6, 6.07) is 17.6. The van der Waals surface area contributed by atoms with Crippen LogP contribution in [-0.4, -0.2) is 9.97 Å². The molecule has 3 N–H and O–H groups in total. The number of nitrogens with zero attached hydrogens (tertiary/aromatic N) is 2. The average Bonchev–Trinajstić information content (AvgIpc) is 2.61. The first kappa shape index (κ1) is 16.5. The largest absolute Gasteiger partial charge is 0.399 e. The summed E-state index contributed by atoms with van der Waals surface area (Å²) in [6.07, 6.45) is 1.75. The molecule has 4 heteroatoms. The molecule has 0 amide bonds. The molecule has 0 radical (unpaired) electrons. The zero-order valence-electron chi connectivity index (χ0n) is 13.7. The van der Waals surface area contributed by atoms with E-state index in [-0.39, 0.29) is 0 Å². The van der Waals surface area contributed by atoms with Crippen LogP contribution in [0.5, 0.6) is 0 Å². The highest BCUT2D eigenvalue weighted by Gasteiger charge is 2.04. The Bertz CT molecular complexity index is 754. The lowest BCUT2D eigenvalue weighted by atomic mass is 10.1. The van der Waals surface area contributed by atoms with Gasteiger partial charge in [-0.3, -0.25) is 0 Å². The molecule has 4 nitrogen and oxygen atoms in total. The molecule has 0 spiro atoms. The predicted molar refractivity (Wildman–Crippen MR) is 97.7 cm³/mol. The first-order chi connectivity index (χ1) is 11.2. The van der Waals surface area contributed by atoms with Crippen LogP contribution in [0.15, 0.2) is 60.8 Å². The van der Waals surface area contributed by atoms with E-state index in [0.29, 0.717) is 11.6 Å². The van der Waals surface area contributed by atoms with Crippen molar-refractivity contribution < 1.29 is 0 Å². The third kappa shape index (κ3) is 4.30. The van der Waals surface area contributed by atoms with Crippen LogP contribution in [0.4, 0.5) is 17.3 Å². The summed E-state index contributed by atoms with van der Waals surface area (Å²) >= 11 is 0. The fourth-order valence-corrected chi connectivity index (χ4v) is 2.08. The summed E-state index contributed by atoms with van der Waals surface area (Å²) in [5, 5.41) is 3.22. The molecule has 0 atom stereocenters. The van der Waals surface area contributed by atoms with Crippen molar-refractivity contribution in [2.75, 3.05) is 11.1 Å². The zero-order valence-corrected chi connectivity index (χ0v) is 13.7. The molecular formula is C19H22N4. The minimum atomic E-state index is 0.560. The van der Waals surface area contributed by atoms with E-state index in [4.69, 9.17) is 5.73 Å². The molecule has 0 bridgehead atoms. The third-order valence-corrected chi connectivity index (χ3v) is 3.23. The molecule has 1 heterocycles. The minimum Gasteiger partial charge on any atom is -0.399 e. The standard InChI is InChI=1S/C17H16N4.C2H6/c1-12-7-8-14(18)11-16(12)21-17-19-10-9-15(20-17)13-5-3-2-4-6-13;1-2/h2-11H,18H2,1H3,(H,19,20,21);1-2H3. The van der Waals surface area contributed by atoms with Crippen LogP contribution in [0.1, 0.15) is 19.4 Å². The van der Waals surface area contributed by atoms with E-state index in [1.165, 1.54) is 0 Å². The Hall–Kier alpha value is -2.88. The van der Waals surface area contributed by atoms with E-state index in [1.54, 1.807) is 6.20 Å². The van der Waals surface area contributed by atoms with Crippen molar-refractivity contribution in [1.29, 1.82) is 0 Å². The van der Waals surface area contributed by atoms with Gasteiger partial charge in [0, 0.05) is 23.1 Å². The van der Waals surface area contributed by atoms with Gasteiger partial charge in [0.05, 0.1) is 5.69 Å².